The number of carbonyl (C=O) groups excluding carboxylic acids is 2. The minimum atomic E-state index is -0.914. The molecule has 1 aromatic heterocycles. The number of amides is 2. The van der Waals surface area contributed by atoms with Crippen molar-refractivity contribution in [3.8, 4) is 11.5 Å². The molecule has 1 N–H and O–H groups in total. The van der Waals surface area contributed by atoms with Crippen LogP contribution in [0, 0.1) is 0 Å². The molecule has 2 aromatic carbocycles. The van der Waals surface area contributed by atoms with Gasteiger partial charge in [-0.3, -0.25) is 9.59 Å². The van der Waals surface area contributed by atoms with Crippen LogP contribution < -0.4 is 14.8 Å². The molecule has 1 unspecified atom stereocenters. The van der Waals surface area contributed by atoms with Gasteiger partial charge in [-0.15, -0.1) is 5.10 Å². The van der Waals surface area contributed by atoms with Crippen molar-refractivity contribution in [3.63, 3.8) is 0 Å². The molecule has 0 aliphatic heterocycles. The van der Waals surface area contributed by atoms with Crippen LogP contribution in [-0.4, -0.2) is 70.7 Å². The average Bonchev–Trinajstić information content (AvgIpc) is 3.28. The molecule has 10 nitrogen and oxygen atoms in total. The lowest BCUT2D eigenvalue weighted by molar-refractivity contribution is -0.142. The van der Waals surface area contributed by atoms with Gasteiger partial charge in [0.25, 0.3) is 0 Å². The number of hydrogen-bond donors (Lipinski definition) is 1. The van der Waals surface area contributed by atoms with E-state index in [1.54, 1.807) is 34.9 Å². The Bertz CT molecular complexity index is 1220. The van der Waals surface area contributed by atoms with Crippen molar-refractivity contribution in [2.75, 3.05) is 33.5 Å². The Morgan fingerprint density at radius 2 is 1.84 bits per heavy atom. The highest BCUT2D eigenvalue weighted by atomic mass is 16.5. The van der Waals surface area contributed by atoms with Crippen LogP contribution in [0.5, 0.6) is 11.5 Å². The van der Waals surface area contributed by atoms with E-state index in [0.717, 1.165) is 5.52 Å². The number of nitrogens with zero attached hydrogens (tertiary/aromatic N) is 4. The van der Waals surface area contributed by atoms with E-state index in [-0.39, 0.29) is 18.4 Å². The highest BCUT2D eigenvalue weighted by molar-refractivity contribution is 5.89. The van der Waals surface area contributed by atoms with Crippen LogP contribution in [0.2, 0.25) is 0 Å². The van der Waals surface area contributed by atoms with Gasteiger partial charge in [0.1, 0.15) is 18.1 Å². The Morgan fingerprint density at radius 3 is 2.53 bits per heavy atom. The van der Waals surface area contributed by atoms with Gasteiger partial charge in [-0.2, -0.15) is 0 Å². The molecule has 0 radical (unpaired) electrons. The lowest BCUT2D eigenvalue weighted by Crippen LogP contribution is -2.50. The fourth-order valence-electron chi connectivity index (χ4n) is 4.17. The Morgan fingerprint density at radius 1 is 1.08 bits per heavy atom. The van der Waals surface area contributed by atoms with Gasteiger partial charge in [0.2, 0.25) is 11.8 Å². The molecular formula is C28H39N5O5. The zero-order valence-electron chi connectivity index (χ0n) is 23.2. The smallest absolute Gasteiger partial charge is 0.247 e. The predicted octanol–water partition coefficient (Wildman–Crippen LogP) is 3.75. The molecule has 206 valence electrons. The molecule has 1 heterocycles. The van der Waals surface area contributed by atoms with E-state index in [1.807, 2.05) is 58.9 Å². The first kappa shape index (κ1) is 28.9. The molecule has 3 rings (SSSR count). The van der Waals surface area contributed by atoms with Crippen LogP contribution in [0.1, 0.15) is 52.6 Å². The predicted molar refractivity (Wildman–Crippen MR) is 145 cm³/mol. The summed E-state index contributed by atoms with van der Waals surface area (Å²) in [4.78, 5) is 29.3. The Labute approximate surface area is 224 Å². The molecule has 2 amide bonds. The van der Waals surface area contributed by atoms with Gasteiger partial charge in [0.15, 0.2) is 11.5 Å². The highest BCUT2D eigenvalue weighted by Gasteiger charge is 2.34. The van der Waals surface area contributed by atoms with E-state index in [1.165, 1.54) is 0 Å². The van der Waals surface area contributed by atoms with E-state index in [9.17, 15) is 9.59 Å². The van der Waals surface area contributed by atoms with Crippen molar-refractivity contribution < 1.29 is 23.8 Å². The molecule has 0 aliphatic rings. The lowest BCUT2D eigenvalue weighted by Gasteiger charge is -2.34. The van der Waals surface area contributed by atoms with Crippen LogP contribution >= 0.6 is 0 Å². The summed E-state index contributed by atoms with van der Waals surface area (Å²) in [5, 5.41) is 11.4. The zero-order valence-corrected chi connectivity index (χ0v) is 23.2. The number of methoxy groups -OCH3 is 1. The number of hydrogen-bond acceptors (Lipinski definition) is 7. The summed E-state index contributed by atoms with van der Waals surface area (Å²) in [6, 6.07) is 11.9. The Hall–Kier alpha value is -3.66. The van der Waals surface area contributed by atoms with Crippen LogP contribution in [0.15, 0.2) is 42.5 Å². The third-order valence-corrected chi connectivity index (χ3v) is 5.78. The summed E-state index contributed by atoms with van der Waals surface area (Å²) in [7, 11) is 1.55. The molecule has 0 spiro atoms. The van der Waals surface area contributed by atoms with Gasteiger partial charge in [0, 0.05) is 25.3 Å². The van der Waals surface area contributed by atoms with Crippen molar-refractivity contribution in [2.24, 2.45) is 0 Å². The fourth-order valence-corrected chi connectivity index (χ4v) is 4.17. The number of nitrogens with one attached hydrogen (secondary N) is 1. The number of benzene rings is 2. The molecule has 10 heteroatoms. The van der Waals surface area contributed by atoms with Crippen LogP contribution in [-0.2, 0) is 20.9 Å². The molecule has 0 saturated heterocycles. The number of aromatic nitrogens is 3. The minimum Gasteiger partial charge on any atom is -0.493 e. The van der Waals surface area contributed by atoms with Gasteiger partial charge in [0.05, 0.1) is 19.2 Å². The summed E-state index contributed by atoms with van der Waals surface area (Å²) < 4.78 is 18.3. The first-order valence-electron chi connectivity index (χ1n) is 13.0. The highest BCUT2D eigenvalue weighted by Crippen LogP contribution is 2.33. The van der Waals surface area contributed by atoms with Crippen LogP contribution in [0.4, 0.5) is 0 Å². The van der Waals surface area contributed by atoms with Crippen LogP contribution in [0.25, 0.3) is 11.0 Å². The van der Waals surface area contributed by atoms with E-state index < -0.39 is 11.6 Å². The van der Waals surface area contributed by atoms with Crippen molar-refractivity contribution in [3.05, 3.63) is 48.0 Å². The van der Waals surface area contributed by atoms with Crippen molar-refractivity contribution in [1.82, 2.24) is 25.2 Å². The molecular weight excluding hydrogens is 486 g/mol. The second kappa shape index (κ2) is 13.2. The van der Waals surface area contributed by atoms with Crippen LogP contribution in [0.3, 0.4) is 0 Å². The topological polar surface area (TPSA) is 108 Å². The summed E-state index contributed by atoms with van der Waals surface area (Å²) >= 11 is 0. The second-order valence-corrected chi connectivity index (χ2v) is 9.86. The molecule has 0 aliphatic carbocycles. The first-order valence-corrected chi connectivity index (χ1v) is 13.0. The van der Waals surface area contributed by atoms with Crippen molar-refractivity contribution >= 4 is 22.8 Å². The number of fused-ring (bicyclic) bond motifs is 1. The van der Waals surface area contributed by atoms with E-state index in [4.69, 9.17) is 14.2 Å². The third-order valence-electron chi connectivity index (χ3n) is 5.78. The number of rotatable bonds is 13. The summed E-state index contributed by atoms with van der Waals surface area (Å²) in [5.74, 6) is 0.495. The van der Waals surface area contributed by atoms with Gasteiger partial charge >= 0.3 is 0 Å². The fraction of sp³-hybridized carbons (Fsp3) is 0.500. The maximum Gasteiger partial charge on any atom is 0.247 e. The molecule has 3 aromatic rings. The average molecular weight is 526 g/mol. The summed E-state index contributed by atoms with van der Waals surface area (Å²) in [6.45, 7) is 11.3. The van der Waals surface area contributed by atoms with Crippen molar-refractivity contribution in [2.45, 2.75) is 59.2 Å². The molecule has 38 heavy (non-hydrogen) atoms. The zero-order chi connectivity index (χ0) is 27.7. The monoisotopic (exact) mass is 525 g/mol. The SMILES string of the molecule is CCOCCCN(C(=O)Cn1nnc2ccccc21)C(C(=O)NC(C)(C)C)c1ccc(OCC)c(OC)c1. The largest absolute Gasteiger partial charge is 0.493 e. The molecule has 0 fully saturated rings. The quantitative estimate of drug-likeness (QED) is 0.339. The standard InChI is InChI=1S/C28H39N5O5/c1-7-37-17-11-16-32(25(34)19-33-22-13-10-9-12-21(22)30-31-33)26(27(35)29-28(3,4)5)20-14-15-23(38-8-2)24(18-20)36-6/h9-10,12-15,18,26H,7-8,11,16-17,19H2,1-6H3,(H,29,35). The summed E-state index contributed by atoms with van der Waals surface area (Å²) in [5.41, 5.74) is 1.54. The Kier molecular flexibility index (Phi) is 10.1. The first-order chi connectivity index (χ1) is 18.2. The lowest BCUT2D eigenvalue weighted by atomic mass is 10.0. The Balaban J connectivity index is 2.03. The number of carbonyl (C=O) groups is 2. The maximum absolute atomic E-state index is 13.9. The van der Waals surface area contributed by atoms with E-state index >= 15 is 0 Å². The normalized spacial score (nSPS) is 12.3. The van der Waals surface area contributed by atoms with E-state index in [2.05, 4.69) is 15.6 Å². The van der Waals surface area contributed by atoms with E-state index in [0.29, 0.717) is 55.4 Å². The summed E-state index contributed by atoms with van der Waals surface area (Å²) in [6.07, 6.45) is 0.561. The number of para-hydroxylation sites is 1. The minimum absolute atomic E-state index is 0.0669. The molecule has 0 bridgehead atoms. The van der Waals surface area contributed by atoms with Crippen molar-refractivity contribution in [1.29, 1.82) is 0 Å². The molecule has 0 saturated carbocycles. The molecule has 1 atom stereocenters. The van der Waals surface area contributed by atoms with Gasteiger partial charge in [-0.25, -0.2) is 4.68 Å². The number of ether oxygens (including phenoxy) is 3. The maximum atomic E-state index is 13.9. The van der Waals surface area contributed by atoms with Gasteiger partial charge in [-0.05, 0) is 70.9 Å². The second-order valence-electron chi connectivity index (χ2n) is 9.86. The third kappa shape index (κ3) is 7.44. The van der Waals surface area contributed by atoms with Gasteiger partial charge < -0.3 is 24.4 Å². The van der Waals surface area contributed by atoms with Gasteiger partial charge in [-0.1, -0.05) is 23.4 Å².